The monoisotopic (exact) mass is 546 g/mol. The zero-order chi connectivity index (χ0) is 28.2. The van der Waals surface area contributed by atoms with Gasteiger partial charge in [-0.3, -0.25) is 4.90 Å². The van der Waals surface area contributed by atoms with Crippen molar-refractivity contribution in [2.24, 2.45) is 4.99 Å². The Morgan fingerprint density at radius 2 is 1.57 bits per heavy atom. The van der Waals surface area contributed by atoms with Crippen LogP contribution in [-0.4, -0.2) is 46.6 Å². The van der Waals surface area contributed by atoms with Crippen LogP contribution in [0.25, 0.3) is 0 Å². The molecule has 1 aromatic carbocycles. The van der Waals surface area contributed by atoms with Gasteiger partial charge in [-0.25, -0.2) is 9.79 Å². The second-order valence-corrected chi connectivity index (χ2v) is 22.8. The number of ether oxygens (including phenoxy) is 1. The Morgan fingerprint density at radius 3 is 2.05 bits per heavy atom. The van der Waals surface area contributed by atoms with Gasteiger partial charge in [0.25, 0.3) is 8.32 Å². The van der Waals surface area contributed by atoms with E-state index in [1.165, 1.54) is 0 Å². The zero-order valence-corrected chi connectivity index (χ0v) is 27.2. The van der Waals surface area contributed by atoms with E-state index < -0.39 is 22.7 Å². The van der Waals surface area contributed by atoms with Gasteiger partial charge in [0.1, 0.15) is 6.61 Å². The molecule has 0 saturated carbocycles. The summed E-state index contributed by atoms with van der Waals surface area (Å²) in [4.78, 5) is 19.2. The first-order valence-electron chi connectivity index (χ1n) is 13.7. The Hall–Kier alpha value is -1.91. The van der Waals surface area contributed by atoms with Crippen LogP contribution in [0.1, 0.15) is 80.8 Å². The summed E-state index contributed by atoms with van der Waals surface area (Å²) in [6.45, 7) is 27.0. The molecular weight excluding hydrogens is 497 g/mol. The molecule has 2 atom stereocenters. The molecular formula is C29H50N2O4Si2. The minimum absolute atomic E-state index is 0.0247. The summed E-state index contributed by atoms with van der Waals surface area (Å²) >= 11 is 0. The molecule has 1 aliphatic heterocycles. The standard InChI is InChI=1S/C29H50N2O4Si2/c1-21(2)37(22(3)4,23(5)6)34-24(7)18-30-27(35-36(11,12)29(8,9)10)19-31-26(20-33-28(31)32)25-16-14-13-15-17-25/h13-19,21-24,26H,20H2,1-12H3/b27-19-,30-18+/t24-,26+/m0/s1. The maximum atomic E-state index is 12.8. The van der Waals surface area contributed by atoms with Gasteiger partial charge in [0.15, 0.2) is 0 Å². The predicted molar refractivity (Wildman–Crippen MR) is 159 cm³/mol. The van der Waals surface area contributed by atoms with Gasteiger partial charge in [-0.2, -0.15) is 0 Å². The zero-order valence-electron chi connectivity index (χ0n) is 25.2. The normalized spacial score (nSPS) is 18.9. The van der Waals surface area contributed by atoms with Crippen LogP contribution >= 0.6 is 0 Å². The summed E-state index contributed by atoms with van der Waals surface area (Å²) in [6, 6.07) is 9.70. The van der Waals surface area contributed by atoms with Crippen molar-refractivity contribution in [2.45, 2.75) is 116 Å². The minimum Gasteiger partial charge on any atom is -0.530 e. The first kappa shape index (κ1) is 31.3. The number of aliphatic imine (C=N–C) groups is 1. The maximum Gasteiger partial charge on any atom is 0.414 e. The van der Waals surface area contributed by atoms with Crippen molar-refractivity contribution < 1.29 is 18.4 Å². The lowest BCUT2D eigenvalue weighted by atomic mass is 10.1. The molecule has 8 heteroatoms. The Bertz CT molecular complexity index is 931. The highest BCUT2D eigenvalue weighted by molar-refractivity contribution is 6.77. The lowest BCUT2D eigenvalue weighted by molar-refractivity contribution is 0.165. The minimum atomic E-state index is -2.23. The van der Waals surface area contributed by atoms with Crippen LogP contribution in [0.2, 0.25) is 34.8 Å². The first-order chi connectivity index (χ1) is 17.0. The van der Waals surface area contributed by atoms with Crippen molar-refractivity contribution in [1.29, 1.82) is 0 Å². The van der Waals surface area contributed by atoms with Crippen LogP contribution in [0, 0.1) is 0 Å². The molecule has 0 bridgehead atoms. The summed E-state index contributed by atoms with van der Waals surface area (Å²) in [5.74, 6) is 0.424. The first-order valence-corrected chi connectivity index (χ1v) is 18.7. The SMILES string of the molecule is CC(C)[Si](O[C@@H](C)/C=N/C(=C/N1C(=O)OC[C@@H]1c1ccccc1)O[Si](C)(C)C(C)(C)C)(C(C)C)C(C)C. The molecule has 0 unspecified atom stereocenters. The molecule has 0 spiro atoms. The lowest BCUT2D eigenvalue weighted by Crippen LogP contribution is -2.50. The molecule has 1 aliphatic rings. The Morgan fingerprint density at radius 1 is 1.03 bits per heavy atom. The van der Waals surface area contributed by atoms with E-state index >= 15 is 0 Å². The summed E-state index contributed by atoms with van der Waals surface area (Å²) in [6.07, 6.45) is 2.98. The van der Waals surface area contributed by atoms with Crippen molar-refractivity contribution in [1.82, 2.24) is 4.90 Å². The van der Waals surface area contributed by atoms with Crippen molar-refractivity contribution in [3.63, 3.8) is 0 Å². The highest BCUT2D eigenvalue weighted by Crippen LogP contribution is 2.43. The van der Waals surface area contributed by atoms with E-state index in [2.05, 4.69) is 82.3 Å². The molecule has 0 aliphatic carbocycles. The van der Waals surface area contributed by atoms with Crippen molar-refractivity contribution in [3.8, 4) is 0 Å². The third-order valence-corrected chi connectivity index (χ3v) is 18.5. The van der Waals surface area contributed by atoms with Crippen LogP contribution in [0.4, 0.5) is 4.79 Å². The third kappa shape index (κ3) is 7.36. The molecule has 2 rings (SSSR count). The second kappa shape index (κ2) is 12.3. The number of amides is 1. The second-order valence-electron chi connectivity index (χ2n) is 12.7. The molecule has 1 fully saturated rings. The number of cyclic esters (lactones) is 1. The average molecular weight is 547 g/mol. The number of carbonyl (C=O) groups is 1. The van der Waals surface area contributed by atoms with Gasteiger partial charge in [-0.05, 0) is 47.2 Å². The highest BCUT2D eigenvalue weighted by atomic mass is 28.4. The Labute approximate surface area is 227 Å². The maximum absolute atomic E-state index is 12.8. The van der Waals surface area contributed by atoms with E-state index in [-0.39, 0.29) is 17.2 Å². The number of nitrogens with zero attached hydrogens (tertiary/aromatic N) is 2. The molecule has 1 saturated heterocycles. The number of carbonyl (C=O) groups excluding carboxylic acids is 1. The van der Waals surface area contributed by atoms with Crippen molar-refractivity contribution in [2.75, 3.05) is 6.61 Å². The lowest BCUT2D eigenvalue weighted by Gasteiger charge is -2.43. The third-order valence-electron chi connectivity index (χ3n) is 8.02. The number of benzene rings is 1. The molecule has 0 aromatic heterocycles. The summed E-state index contributed by atoms with van der Waals surface area (Å²) < 4.78 is 18.9. The molecule has 208 valence electrons. The fourth-order valence-electron chi connectivity index (χ4n) is 5.07. The van der Waals surface area contributed by atoms with Gasteiger partial charge in [0, 0.05) is 6.21 Å². The van der Waals surface area contributed by atoms with Gasteiger partial charge in [-0.15, -0.1) is 0 Å². The highest BCUT2D eigenvalue weighted by Gasteiger charge is 2.46. The smallest absolute Gasteiger partial charge is 0.414 e. The largest absolute Gasteiger partial charge is 0.530 e. The van der Waals surface area contributed by atoms with Crippen molar-refractivity contribution >= 4 is 28.9 Å². The molecule has 1 heterocycles. The average Bonchev–Trinajstić information content (AvgIpc) is 3.14. The predicted octanol–water partition coefficient (Wildman–Crippen LogP) is 8.65. The van der Waals surface area contributed by atoms with Crippen LogP contribution in [-0.2, 0) is 13.6 Å². The Balaban J connectivity index is 2.44. The van der Waals surface area contributed by atoms with E-state index in [9.17, 15) is 4.79 Å². The molecule has 0 N–H and O–H groups in total. The number of hydrogen-bond acceptors (Lipinski definition) is 5. The van der Waals surface area contributed by atoms with Crippen molar-refractivity contribution in [3.05, 3.63) is 48.0 Å². The van der Waals surface area contributed by atoms with E-state index in [1.54, 1.807) is 11.1 Å². The molecule has 1 amide bonds. The topological polar surface area (TPSA) is 60.4 Å². The Kier molecular flexibility index (Phi) is 10.4. The number of rotatable bonds is 11. The molecule has 0 radical (unpaired) electrons. The fourth-order valence-corrected chi connectivity index (χ4v) is 11.5. The van der Waals surface area contributed by atoms with Crippen LogP contribution in [0.3, 0.4) is 0 Å². The van der Waals surface area contributed by atoms with Gasteiger partial charge in [0.2, 0.25) is 14.2 Å². The fraction of sp³-hybridized carbons (Fsp3) is 0.655. The van der Waals surface area contributed by atoms with Gasteiger partial charge in [-0.1, -0.05) is 92.6 Å². The van der Waals surface area contributed by atoms with E-state index in [1.807, 2.05) is 36.5 Å². The quantitative estimate of drug-likeness (QED) is 0.158. The summed E-state index contributed by atoms with van der Waals surface area (Å²) in [5, 5.41) is -0.0247. The van der Waals surface area contributed by atoms with Crippen LogP contribution in [0.15, 0.2) is 47.4 Å². The van der Waals surface area contributed by atoms with Gasteiger partial charge in [0.05, 0.1) is 18.3 Å². The van der Waals surface area contributed by atoms with Crippen LogP contribution in [0.5, 0.6) is 0 Å². The van der Waals surface area contributed by atoms with Crippen LogP contribution < -0.4 is 0 Å². The van der Waals surface area contributed by atoms with E-state index in [0.717, 1.165) is 5.56 Å². The van der Waals surface area contributed by atoms with E-state index in [4.69, 9.17) is 18.6 Å². The molecule has 6 nitrogen and oxygen atoms in total. The molecule has 1 aromatic rings. The van der Waals surface area contributed by atoms with Gasteiger partial charge >= 0.3 is 6.09 Å². The van der Waals surface area contributed by atoms with E-state index in [0.29, 0.717) is 29.1 Å². The van der Waals surface area contributed by atoms with Gasteiger partial charge < -0.3 is 13.6 Å². The molecule has 37 heavy (non-hydrogen) atoms. The number of hydrogen-bond donors (Lipinski definition) is 0. The summed E-state index contributed by atoms with van der Waals surface area (Å²) in [5.41, 5.74) is 2.45. The summed E-state index contributed by atoms with van der Waals surface area (Å²) in [7, 11) is -4.30.